The van der Waals surface area contributed by atoms with Gasteiger partial charge < -0.3 is 5.73 Å². The topological polar surface area (TPSA) is 42.1 Å². The maximum Gasteiger partial charge on any atom is 0.401 e. The van der Waals surface area contributed by atoms with Gasteiger partial charge in [-0.1, -0.05) is 6.07 Å². The van der Waals surface area contributed by atoms with Crippen molar-refractivity contribution in [3.8, 4) is 0 Å². The second-order valence-corrected chi connectivity index (χ2v) is 3.75. The van der Waals surface area contributed by atoms with E-state index in [0.29, 0.717) is 13.0 Å². The lowest BCUT2D eigenvalue weighted by Gasteiger charge is -2.22. The van der Waals surface area contributed by atoms with Crippen LogP contribution < -0.4 is 5.73 Å². The SMILES string of the molecule is NCCN(CCc1ccccn1)CC(F)(F)F. The Morgan fingerprint density at radius 1 is 1.24 bits per heavy atom. The number of hydrogen-bond donors (Lipinski definition) is 1. The van der Waals surface area contributed by atoms with Crippen LogP contribution in [0, 0.1) is 0 Å². The fourth-order valence-electron chi connectivity index (χ4n) is 1.52. The average molecular weight is 247 g/mol. The Bertz CT molecular complexity index is 313. The smallest absolute Gasteiger partial charge is 0.329 e. The van der Waals surface area contributed by atoms with Gasteiger partial charge in [0.05, 0.1) is 6.54 Å². The van der Waals surface area contributed by atoms with Crippen molar-refractivity contribution in [2.45, 2.75) is 12.6 Å². The molecule has 0 aliphatic heterocycles. The Labute approximate surface area is 98.4 Å². The quantitative estimate of drug-likeness (QED) is 0.827. The van der Waals surface area contributed by atoms with Gasteiger partial charge in [0.1, 0.15) is 0 Å². The zero-order valence-electron chi connectivity index (χ0n) is 9.45. The molecule has 1 aromatic rings. The van der Waals surface area contributed by atoms with E-state index >= 15 is 0 Å². The molecule has 6 heteroatoms. The first kappa shape index (κ1) is 13.9. The van der Waals surface area contributed by atoms with E-state index < -0.39 is 12.7 Å². The number of alkyl halides is 3. The molecule has 0 spiro atoms. The Kier molecular flexibility index (Phi) is 5.37. The molecule has 0 atom stereocenters. The number of nitrogens with two attached hydrogens (primary N) is 1. The van der Waals surface area contributed by atoms with Crippen LogP contribution in [-0.2, 0) is 6.42 Å². The summed E-state index contributed by atoms with van der Waals surface area (Å²) in [7, 11) is 0. The standard InChI is InChI=1S/C11H16F3N3/c12-11(13,14)9-17(8-5-15)7-4-10-3-1-2-6-16-10/h1-3,6H,4-5,7-9,15H2. The van der Waals surface area contributed by atoms with E-state index in [1.807, 2.05) is 6.07 Å². The molecule has 0 radical (unpaired) electrons. The van der Waals surface area contributed by atoms with Crippen molar-refractivity contribution in [1.82, 2.24) is 9.88 Å². The van der Waals surface area contributed by atoms with Gasteiger partial charge in [0, 0.05) is 37.9 Å². The summed E-state index contributed by atoms with van der Waals surface area (Å²) in [6, 6.07) is 5.39. The van der Waals surface area contributed by atoms with Crippen molar-refractivity contribution in [1.29, 1.82) is 0 Å². The molecule has 0 aliphatic carbocycles. The Balaban J connectivity index is 2.44. The average Bonchev–Trinajstić information content (AvgIpc) is 2.26. The highest BCUT2D eigenvalue weighted by Gasteiger charge is 2.30. The van der Waals surface area contributed by atoms with E-state index in [1.54, 1.807) is 18.3 Å². The maximum atomic E-state index is 12.3. The van der Waals surface area contributed by atoms with E-state index in [0.717, 1.165) is 5.69 Å². The van der Waals surface area contributed by atoms with Crippen LogP contribution in [0.2, 0.25) is 0 Å². The molecule has 0 unspecified atom stereocenters. The van der Waals surface area contributed by atoms with Gasteiger partial charge >= 0.3 is 6.18 Å². The van der Waals surface area contributed by atoms with Crippen molar-refractivity contribution in [2.75, 3.05) is 26.2 Å². The first-order chi connectivity index (χ1) is 8.01. The molecule has 0 amide bonds. The first-order valence-corrected chi connectivity index (χ1v) is 5.40. The molecule has 0 aliphatic rings. The van der Waals surface area contributed by atoms with Crippen LogP contribution in [0.4, 0.5) is 13.2 Å². The van der Waals surface area contributed by atoms with E-state index in [-0.39, 0.29) is 13.1 Å². The predicted octanol–water partition coefficient (Wildman–Crippen LogP) is 1.45. The van der Waals surface area contributed by atoms with Crippen molar-refractivity contribution >= 4 is 0 Å². The van der Waals surface area contributed by atoms with Crippen LogP contribution in [0.5, 0.6) is 0 Å². The van der Waals surface area contributed by atoms with E-state index in [2.05, 4.69) is 4.98 Å². The number of halogens is 3. The second-order valence-electron chi connectivity index (χ2n) is 3.75. The van der Waals surface area contributed by atoms with Gasteiger partial charge in [-0.25, -0.2) is 0 Å². The fraction of sp³-hybridized carbons (Fsp3) is 0.545. The number of nitrogens with zero attached hydrogens (tertiary/aromatic N) is 2. The maximum absolute atomic E-state index is 12.3. The third-order valence-corrected chi connectivity index (χ3v) is 2.26. The van der Waals surface area contributed by atoms with Crippen molar-refractivity contribution in [3.63, 3.8) is 0 Å². The molecule has 0 bridgehead atoms. The summed E-state index contributed by atoms with van der Waals surface area (Å²) in [5.41, 5.74) is 6.08. The van der Waals surface area contributed by atoms with Gasteiger partial charge in [0.2, 0.25) is 0 Å². The van der Waals surface area contributed by atoms with Gasteiger partial charge in [-0.05, 0) is 12.1 Å². The minimum Gasteiger partial charge on any atom is -0.329 e. The summed E-state index contributed by atoms with van der Waals surface area (Å²) in [6.07, 6.45) is -2.05. The van der Waals surface area contributed by atoms with Crippen LogP contribution in [0.1, 0.15) is 5.69 Å². The molecule has 1 heterocycles. The third kappa shape index (κ3) is 6.23. The van der Waals surface area contributed by atoms with Crippen LogP contribution in [0.15, 0.2) is 24.4 Å². The fourth-order valence-corrected chi connectivity index (χ4v) is 1.52. The van der Waals surface area contributed by atoms with Gasteiger partial charge in [-0.3, -0.25) is 9.88 Å². The summed E-state index contributed by atoms with van der Waals surface area (Å²) < 4.78 is 36.8. The Morgan fingerprint density at radius 2 is 2.00 bits per heavy atom. The minimum atomic E-state index is -4.18. The monoisotopic (exact) mass is 247 g/mol. The largest absolute Gasteiger partial charge is 0.401 e. The van der Waals surface area contributed by atoms with Gasteiger partial charge in [0.25, 0.3) is 0 Å². The highest BCUT2D eigenvalue weighted by Crippen LogP contribution is 2.16. The minimum absolute atomic E-state index is 0.221. The highest BCUT2D eigenvalue weighted by atomic mass is 19.4. The molecule has 17 heavy (non-hydrogen) atoms. The lowest BCUT2D eigenvalue weighted by atomic mass is 10.2. The zero-order chi connectivity index (χ0) is 12.7. The molecule has 1 rings (SSSR count). The zero-order valence-corrected chi connectivity index (χ0v) is 9.45. The number of aromatic nitrogens is 1. The Hall–Kier alpha value is -1.14. The van der Waals surface area contributed by atoms with Crippen molar-refractivity contribution in [3.05, 3.63) is 30.1 Å². The summed E-state index contributed by atoms with van der Waals surface area (Å²) in [5.74, 6) is 0. The van der Waals surface area contributed by atoms with E-state index in [1.165, 1.54) is 4.90 Å². The van der Waals surface area contributed by atoms with Gasteiger partial charge in [-0.2, -0.15) is 13.2 Å². The van der Waals surface area contributed by atoms with Crippen LogP contribution in [-0.4, -0.2) is 42.2 Å². The predicted molar refractivity (Wildman–Crippen MR) is 59.5 cm³/mol. The van der Waals surface area contributed by atoms with Crippen LogP contribution >= 0.6 is 0 Å². The molecule has 96 valence electrons. The molecule has 0 fully saturated rings. The molecule has 0 saturated heterocycles. The normalized spacial score (nSPS) is 12.1. The molecule has 2 N–H and O–H groups in total. The second kappa shape index (κ2) is 6.56. The summed E-state index contributed by atoms with van der Waals surface area (Å²) in [5, 5.41) is 0. The van der Waals surface area contributed by atoms with Crippen molar-refractivity contribution < 1.29 is 13.2 Å². The summed E-state index contributed by atoms with van der Waals surface area (Å²) in [6.45, 7) is -0.143. The lowest BCUT2D eigenvalue weighted by Crippen LogP contribution is -2.38. The Morgan fingerprint density at radius 3 is 2.53 bits per heavy atom. The number of pyridine rings is 1. The number of hydrogen-bond acceptors (Lipinski definition) is 3. The third-order valence-electron chi connectivity index (χ3n) is 2.26. The molecule has 0 aromatic carbocycles. The van der Waals surface area contributed by atoms with Gasteiger partial charge in [0.15, 0.2) is 0 Å². The van der Waals surface area contributed by atoms with Crippen LogP contribution in [0.25, 0.3) is 0 Å². The lowest BCUT2D eigenvalue weighted by molar-refractivity contribution is -0.145. The van der Waals surface area contributed by atoms with Crippen LogP contribution in [0.3, 0.4) is 0 Å². The highest BCUT2D eigenvalue weighted by molar-refractivity contribution is 5.03. The molecular weight excluding hydrogens is 231 g/mol. The molecule has 0 saturated carbocycles. The molecule has 1 aromatic heterocycles. The summed E-state index contributed by atoms with van der Waals surface area (Å²) in [4.78, 5) is 5.37. The van der Waals surface area contributed by atoms with E-state index in [4.69, 9.17) is 5.73 Å². The molecule has 3 nitrogen and oxygen atoms in total. The van der Waals surface area contributed by atoms with Gasteiger partial charge in [-0.15, -0.1) is 0 Å². The first-order valence-electron chi connectivity index (χ1n) is 5.40. The van der Waals surface area contributed by atoms with E-state index in [9.17, 15) is 13.2 Å². The van der Waals surface area contributed by atoms with Crippen molar-refractivity contribution in [2.24, 2.45) is 5.73 Å². The molecular formula is C11H16F3N3. The summed E-state index contributed by atoms with van der Waals surface area (Å²) >= 11 is 0. The number of rotatable bonds is 6.